The van der Waals surface area contributed by atoms with Gasteiger partial charge in [0, 0.05) is 17.5 Å². The molecule has 0 radical (unpaired) electrons. The molecule has 1 aromatic carbocycles. The number of hydrogen-bond donors (Lipinski definition) is 1. The number of nitrogens with two attached hydrogens (primary N) is 1. The maximum Gasteiger partial charge on any atom is 0.573 e. The topological polar surface area (TPSA) is 44.5 Å². The molecule has 2 N–H and O–H groups in total. The van der Waals surface area contributed by atoms with Crippen LogP contribution in [0.5, 0.6) is 5.75 Å². The zero-order chi connectivity index (χ0) is 15.8. The van der Waals surface area contributed by atoms with Gasteiger partial charge in [0.25, 0.3) is 0 Å². The van der Waals surface area contributed by atoms with E-state index < -0.39 is 12.4 Å². The molecule has 0 saturated carbocycles. The molecule has 0 aliphatic carbocycles. The number of benzene rings is 1. The Morgan fingerprint density at radius 3 is 2.29 bits per heavy atom. The SMILES string of the molecule is CC1OC(C)C(C(N)c2ccccc2OC(F)(F)F)C1C. The summed E-state index contributed by atoms with van der Waals surface area (Å²) < 4.78 is 47.3. The molecule has 0 spiro atoms. The lowest BCUT2D eigenvalue weighted by Crippen LogP contribution is -2.31. The number of ether oxygens (including phenoxy) is 2. The minimum atomic E-state index is -4.73. The number of halogens is 3. The van der Waals surface area contributed by atoms with E-state index in [9.17, 15) is 13.2 Å². The Morgan fingerprint density at radius 2 is 1.76 bits per heavy atom. The van der Waals surface area contributed by atoms with Gasteiger partial charge in [-0.3, -0.25) is 0 Å². The molecule has 1 aliphatic rings. The summed E-state index contributed by atoms with van der Waals surface area (Å²) in [5.41, 5.74) is 6.59. The van der Waals surface area contributed by atoms with E-state index in [1.54, 1.807) is 12.1 Å². The van der Waals surface area contributed by atoms with Crippen molar-refractivity contribution in [2.45, 2.75) is 45.4 Å². The van der Waals surface area contributed by atoms with Gasteiger partial charge in [-0.15, -0.1) is 13.2 Å². The van der Waals surface area contributed by atoms with Gasteiger partial charge in [-0.2, -0.15) is 0 Å². The van der Waals surface area contributed by atoms with Gasteiger partial charge in [0.05, 0.1) is 12.2 Å². The van der Waals surface area contributed by atoms with Crippen LogP contribution in [0.4, 0.5) is 13.2 Å². The summed E-state index contributed by atoms with van der Waals surface area (Å²) in [5, 5.41) is 0. The van der Waals surface area contributed by atoms with Crippen molar-refractivity contribution in [3.05, 3.63) is 29.8 Å². The Balaban J connectivity index is 2.29. The fourth-order valence-electron chi connectivity index (χ4n) is 3.09. The molecule has 5 unspecified atom stereocenters. The second kappa shape index (κ2) is 5.85. The van der Waals surface area contributed by atoms with E-state index in [0.717, 1.165) is 0 Å². The summed E-state index contributed by atoms with van der Waals surface area (Å²) >= 11 is 0. The summed E-state index contributed by atoms with van der Waals surface area (Å²) in [6, 6.07) is 5.45. The molecule has 1 aliphatic heterocycles. The average molecular weight is 303 g/mol. The predicted molar refractivity (Wildman–Crippen MR) is 72.7 cm³/mol. The smallest absolute Gasteiger partial charge is 0.405 e. The fourth-order valence-corrected chi connectivity index (χ4v) is 3.09. The molecule has 0 aromatic heterocycles. The minimum Gasteiger partial charge on any atom is -0.405 e. The van der Waals surface area contributed by atoms with Gasteiger partial charge < -0.3 is 15.2 Å². The van der Waals surface area contributed by atoms with E-state index in [1.165, 1.54) is 12.1 Å². The van der Waals surface area contributed by atoms with Crippen molar-refractivity contribution in [3.8, 4) is 5.75 Å². The molecule has 6 heteroatoms. The normalized spacial score (nSPS) is 31.2. The van der Waals surface area contributed by atoms with Gasteiger partial charge in [-0.1, -0.05) is 25.1 Å². The van der Waals surface area contributed by atoms with Crippen molar-refractivity contribution in [2.24, 2.45) is 17.6 Å². The second-order valence-electron chi connectivity index (χ2n) is 5.59. The van der Waals surface area contributed by atoms with Crippen LogP contribution in [0.3, 0.4) is 0 Å². The molecule has 1 heterocycles. The summed E-state index contributed by atoms with van der Waals surface area (Å²) in [6.45, 7) is 5.86. The van der Waals surface area contributed by atoms with E-state index in [1.807, 2.05) is 20.8 Å². The van der Waals surface area contributed by atoms with Crippen molar-refractivity contribution >= 4 is 0 Å². The molecule has 118 valence electrons. The minimum absolute atomic E-state index is 0.0340. The Morgan fingerprint density at radius 1 is 1.14 bits per heavy atom. The quantitative estimate of drug-likeness (QED) is 0.927. The zero-order valence-electron chi connectivity index (χ0n) is 12.2. The molecule has 21 heavy (non-hydrogen) atoms. The van der Waals surface area contributed by atoms with Crippen LogP contribution in [0.15, 0.2) is 24.3 Å². The van der Waals surface area contributed by atoms with Crippen molar-refractivity contribution in [3.63, 3.8) is 0 Å². The van der Waals surface area contributed by atoms with Gasteiger partial charge in [0.15, 0.2) is 0 Å². The fraction of sp³-hybridized carbons (Fsp3) is 0.600. The first-order valence-corrected chi connectivity index (χ1v) is 6.96. The van der Waals surface area contributed by atoms with Gasteiger partial charge in [0.2, 0.25) is 0 Å². The van der Waals surface area contributed by atoms with Gasteiger partial charge in [-0.05, 0) is 25.8 Å². The highest BCUT2D eigenvalue weighted by molar-refractivity contribution is 5.36. The molecule has 1 aromatic rings. The molecule has 5 atom stereocenters. The van der Waals surface area contributed by atoms with Crippen molar-refractivity contribution in [1.29, 1.82) is 0 Å². The lowest BCUT2D eigenvalue weighted by Gasteiger charge is -2.27. The van der Waals surface area contributed by atoms with Crippen LogP contribution in [-0.4, -0.2) is 18.6 Å². The summed E-state index contributed by atoms with van der Waals surface area (Å²) in [4.78, 5) is 0. The molecule has 1 fully saturated rings. The highest BCUT2D eigenvalue weighted by Crippen LogP contribution is 2.42. The van der Waals surface area contributed by atoms with E-state index in [4.69, 9.17) is 10.5 Å². The predicted octanol–water partition coefficient (Wildman–Crippen LogP) is 3.64. The van der Waals surface area contributed by atoms with E-state index in [-0.39, 0.29) is 29.8 Å². The average Bonchev–Trinajstić information content (AvgIpc) is 2.61. The molecular weight excluding hydrogens is 283 g/mol. The van der Waals surface area contributed by atoms with Crippen LogP contribution in [-0.2, 0) is 4.74 Å². The number of para-hydroxylation sites is 1. The van der Waals surface area contributed by atoms with E-state index >= 15 is 0 Å². The number of hydrogen-bond acceptors (Lipinski definition) is 3. The number of rotatable bonds is 3. The van der Waals surface area contributed by atoms with Gasteiger partial charge in [-0.25, -0.2) is 0 Å². The summed E-state index contributed by atoms with van der Waals surface area (Å²) in [7, 11) is 0. The third kappa shape index (κ3) is 3.49. The maximum atomic E-state index is 12.5. The zero-order valence-corrected chi connectivity index (χ0v) is 12.2. The molecule has 0 bridgehead atoms. The number of alkyl halides is 3. The van der Waals surface area contributed by atoms with Crippen LogP contribution >= 0.6 is 0 Å². The highest BCUT2D eigenvalue weighted by atomic mass is 19.4. The van der Waals surface area contributed by atoms with Crippen LogP contribution in [0.1, 0.15) is 32.4 Å². The molecule has 2 rings (SSSR count). The first-order valence-electron chi connectivity index (χ1n) is 6.96. The Hall–Kier alpha value is -1.27. The van der Waals surface area contributed by atoms with E-state index in [0.29, 0.717) is 5.56 Å². The van der Waals surface area contributed by atoms with Crippen LogP contribution in [0.2, 0.25) is 0 Å². The lowest BCUT2D eigenvalue weighted by molar-refractivity contribution is -0.275. The molecule has 0 amide bonds. The third-order valence-electron chi connectivity index (χ3n) is 4.24. The Labute approximate surface area is 122 Å². The largest absolute Gasteiger partial charge is 0.573 e. The highest BCUT2D eigenvalue weighted by Gasteiger charge is 2.42. The first-order chi connectivity index (χ1) is 9.70. The monoisotopic (exact) mass is 303 g/mol. The molecule has 1 saturated heterocycles. The van der Waals surface area contributed by atoms with Crippen molar-refractivity contribution in [2.75, 3.05) is 0 Å². The summed E-state index contributed by atoms with van der Waals surface area (Å²) in [6.07, 6.45) is -4.80. The maximum absolute atomic E-state index is 12.5. The van der Waals surface area contributed by atoms with Gasteiger partial charge in [0.1, 0.15) is 5.75 Å². The van der Waals surface area contributed by atoms with Crippen LogP contribution in [0.25, 0.3) is 0 Å². The Kier molecular flexibility index (Phi) is 4.49. The van der Waals surface area contributed by atoms with Crippen molar-refractivity contribution < 1.29 is 22.6 Å². The van der Waals surface area contributed by atoms with Crippen molar-refractivity contribution in [1.82, 2.24) is 0 Å². The lowest BCUT2D eigenvalue weighted by atomic mass is 9.81. The second-order valence-corrected chi connectivity index (χ2v) is 5.59. The van der Waals surface area contributed by atoms with E-state index in [2.05, 4.69) is 4.74 Å². The third-order valence-corrected chi connectivity index (χ3v) is 4.24. The summed E-state index contributed by atoms with van der Waals surface area (Å²) in [5.74, 6) is -0.136. The molecular formula is C15H20F3NO2. The molecule has 3 nitrogen and oxygen atoms in total. The Bertz CT molecular complexity index is 492. The standard InChI is InChI=1S/C15H20F3NO2/c1-8-9(2)20-10(3)13(8)14(19)11-6-4-5-7-12(11)21-15(16,17)18/h4-10,13-14H,19H2,1-3H3. The van der Waals surface area contributed by atoms with Gasteiger partial charge >= 0.3 is 6.36 Å². The first kappa shape index (κ1) is 16.1. The van der Waals surface area contributed by atoms with Crippen LogP contribution in [0, 0.1) is 11.8 Å². The van der Waals surface area contributed by atoms with Crippen LogP contribution < -0.4 is 10.5 Å².